The summed E-state index contributed by atoms with van der Waals surface area (Å²) >= 11 is 0. The van der Waals surface area contributed by atoms with E-state index in [1.807, 2.05) is 42.0 Å². The minimum Gasteiger partial charge on any atom is -0.466 e. The molecule has 206 valence electrons. The number of benzene rings is 1. The molecular formula is C30H28F2N4O4. The van der Waals surface area contributed by atoms with E-state index in [2.05, 4.69) is 15.0 Å². The Hall–Kier alpha value is -3.92. The molecule has 3 aromatic heterocycles. The number of carbonyl (C=O) groups is 1. The summed E-state index contributed by atoms with van der Waals surface area (Å²) in [6.07, 6.45) is 6.87. The van der Waals surface area contributed by atoms with Crippen molar-refractivity contribution in [3.63, 3.8) is 0 Å². The van der Waals surface area contributed by atoms with Crippen LogP contribution < -0.4 is 4.74 Å². The van der Waals surface area contributed by atoms with Gasteiger partial charge in [0, 0.05) is 47.1 Å². The van der Waals surface area contributed by atoms with Gasteiger partial charge in [0.25, 0.3) is 0 Å². The standard InChI is InChI=1S/C30H28F2N4O4/c1-2-39-29(38)25-19-9-16(10-20(19)25)28-33-12-17(13-34-28)15-7-8-24-35-26-22(37)11-21(27(26)36(24)14-15)18-5-3-4-6-23(18)40-30(31)32/h3-8,12-14,16,19-22,25,30,37H,2,9-11H2,1H3/t16?,19-,20+,21-,22-,25+/m1/s1. The molecule has 3 aliphatic rings. The zero-order valence-corrected chi connectivity index (χ0v) is 21.8. The number of carbonyl (C=O) groups excluding carboxylic acids is 1. The van der Waals surface area contributed by atoms with E-state index in [0.717, 1.165) is 35.5 Å². The van der Waals surface area contributed by atoms with Gasteiger partial charge >= 0.3 is 12.6 Å². The number of nitrogens with zero attached hydrogens (tertiary/aromatic N) is 4. The molecular weight excluding hydrogens is 518 g/mol. The summed E-state index contributed by atoms with van der Waals surface area (Å²) in [6, 6.07) is 10.5. The van der Waals surface area contributed by atoms with Gasteiger partial charge in [0.1, 0.15) is 17.2 Å². The third-order valence-corrected chi connectivity index (χ3v) is 8.67. The Labute approximate surface area is 229 Å². The third-order valence-electron chi connectivity index (χ3n) is 8.67. The van der Waals surface area contributed by atoms with Crippen LogP contribution in [0.1, 0.15) is 66.9 Å². The number of aromatic nitrogens is 4. The number of aliphatic hydroxyl groups excluding tert-OH is 1. The fourth-order valence-corrected chi connectivity index (χ4v) is 6.87. The number of alkyl halides is 2. The number of fused-ring (bicyclic) bond motifs is 4. The molecule has 1 unspecified atom stereocenters. The van der Waals surface area contributed by atoms with Gasteiger partial charge in [0.05, 0.1) is 30.0 Å². The second kappa shape index (κ2) is 9.62. The SMILES string of the molecule is CCOC(=O)[C@H]1[C@@H]2CC(c3ncc(-c4ccc5nc6c(n5c4)[C@@H](c4ccccc4OC(F)F)C[C@H]6O)cn3)C[C@@H]21. The first kappa shape index (κ1) is 25.1. The van der Waals surface area contributed by atoms with Crippen LogP contribution in [0.2, 0.25) is 0 Å². The summed E-state index contributed by atoms with van der Waals surface area (Å²) in [5, 5.41) is 10.8. The van der Waals surface area contributed by atoms with Crippen molar-refractivity contribution in [2.45, 2.75) is 50.7 Å². The Bertz CT molecular complexity index is 1580. The molecule has 3 aliphatic carbocycles. The van der Waals surface area contributed by atoms with Crippen molar-refractivity contribution in [1.29, 1.82) is 0 Å². The maximum absolute atomic E-state index is 13.1. The molecule has 2 fully saturated rings. The van der Waals surface area contributed by atoms with Crippen molar-refractivity contribution in [3.05, 3.63) is 77.8 Å². The maximum atomic E-state index is 13.1. The molecule has 3 heterocycles. The highest BCUT2D eigenvalue weighted by atomic mass is 19.3. The van der Waals surface area contributed by atoms with E-state index < -0.39 is 12.7 Å². The quantitative estimate of drug-likeness (QED) is 0.316. The summed E-state index contributed by atoms with van der Waals surface area (Å²) in [5.74, 6) is 1.47. The van der Waals surface area contributed by atoms with Crippen LogP contribution in [0.5, 0.6) is 5.75 Å². The molecule has 8 nitrogen and oxygen atoms in total. The lowest BCUT2D eigenvalue weighted by Crippen LogP contribution is -2.13. The Kier molecular flexibility index (Phi) is 6.03. The largest absolute Gasteiger partial charge is 0.466 e. The van der Waals surface area contributed by atoms with Crippen molar-refractivity contribution in [1.82, 2.24) is 19.4 Å². The van der Waals surface area contributed by atoms with Gasteiger partial charge in [0.15, 0.2) is 0 Å². The molecule has 0 bridgehead atoms. The molecule has 0 aliphatic heterocycles. The molecule has 7 rings (SSSR count). The first-order valence-electron chi connectivity index (χ1n) is 13.7. The Morgan fingerprint density at radius 1 is 1.07 bits per heavy atom. The maximum Gasteiger partial charge on any atom is 0.387 e. The lowest BCUT2D eigenvalue weighted by Gasteiger charge is -2.17. The van der Waals surface area contributed by atoms with Gasteiger partial charge < -0.3 is 19.0 Å². The van der Waals surface area contributed by atoms with Crippen molar-refractivity contribution in [2.24, 2.45) is 17.8 Å². The van der Waals surface area contributed by atoms with Gasteiger partial charge in [-0.05, 0) is 56.2 Å². The minimum absolute atomic E-state index is 0.0374. The van der Waals surface area contributed by atoms with E-state index in [-0.39, 0.29) is 29.5 Å². The van der Waals surface area contributed by atoms with Crippen LogP contribution in [0.25, 0.3) is 16.8 Å². The van der Waals surface area contributed by atoms with E-state index in [1.165, 1.54) is 6.07 Å². The van der Waals surface area contributed by atoms with Gasteiger partial charge in [-0.25, -0.2) is 15.0 Å². The number of pyridine rings is 1. The van der Waals surface area contributed by atoms with Crippen LogP contribution in [-0.2, 0) is 9.53 Å². The van der Waals surface area contributed by atoms with Crippen LogP contribution >= 0.6 is 0 Å². The summed E-state index contributed by atoms with van der Waals surface area (Å²) in [4.78, 5) is 26.1. The summed E-state index contributed by atoms with van der Waals surface area (Å²) < 4.78 is 38.1. The molecule has 1 aromatic carbocycles. The molecule has 40 heavy (non-hydrogen) atoms. The number of para-hydroxylation sites is 1. The van der Waals surface area contributed by atoms with E-state index >= 15 is 0 Å². The van der Waals surface area contributed by atoms with Crippen molar-refractivity contribution in [3.8, 4) is 16.9 Å². The van der Waals surface area contributed by atoms with Crippen LogP contribution in [0, 0.1) is 17.8 Å². The number of imidazole rings is 1. The average molecular weight is 547 g/mol. The predicted molar refractivity (Wildman–Crippen MR) is 140 cm³/mol. The third kappa shape index (κ3) is 4.13. The van der Waals surface area contributed by atoms with E-state index in [9.17, 15) is 18.7 Å². The molecule has 0 saturated heterocycles. The molecule has 6 atom stereocenters. The van der Waals surface area contributed by atoms with Gasteiger partial charge in [0.2, 0.25) is 0 Å². The summed E-state index contributed by atoms with van der Waals surface area (Å²) in [6.45, 7) is -0.700. The highest BCUT2D eigenvalue weighted by Crippen LogP contribution is 2.62. The fraction of sp³-hybridized carbons (Fsp3) is 0.400. The monoisotopic (exact) mass is 546 g/mol. The van der Waals surface area contributed by atoms with Crippen LogP contribution in [0.15, 0.2) is 55.0 Å². The fourth-order valence-electron chi connectivity index (χ4n) is 6.87. The van der Waals surface area contributed by atoms with Gasteiger partial charge in [-0.1, -0.05) is 18.2 Å². The zero-order chi connectivity index (χ0) is 27.5. The zero-order valence-electron chi connectivity index (χ0n) is 21.8. The smallest absolute Gasteiger partial charge is 0.387 e. The topological polar surface area (TPSA) is 98.8 Å². The first-order valence-corrected chi connectivity index (χ1v) is 13.7. The lowest BCUT2D eigenvalue weighted by molar-refractivity contribution is -0.145. The molecule has 0 amide bonds. The molecule has 10 heteroatoms. The molecule has 0 radical (unpaired) electrons. The van der Waals surface area contributed by atoms with Crippen LogP contribution in [0.3, 0.4) is 0 Å². The van der Waals surface area contributed by atoms with E-state index in [0.29, 0.717) is 41.8 Å². The molecule has 2 saturated carbocycles. The van der Waals surface area contributed by atoms with Crippen LogP contribution in [-0.4, -0.2) is 43.6 Å². The van der Waals surface area contributed by atoms with Gasteiger partial charge in [-0.3, -0.25) is 4.79 Å². The Morgan fingerprint density at radius 2 is 1.82 bits per heavy atom. The number of ether oxygens (including phenoxy) is 2. The van der Waals surface area contributed by atoms with Crippen LogP contribution in [0.4, 0.5) is 8.78 Å². The number of halogens is 2. The number of rotatable bonds is 7. The molecule has 1 N–H and O–H groups in total. The Morgan fingerprint density at radius 3 is 2.55 bits per heavy atom. The average Bonchev–Trinajstić information content (AvgIpc) is 3.24. The predicted octanol–water partition coefficient (Wildman–Crippen LogP) is 5.26. The van der Waals surface area contributed by atoms with E-state index in [4.69, 9.17) is 9.47 Å². The lowest BCUT2D eigenvalue weighted by atomic mass is 9.95. The van der Waals surface area contributed by atoms with E-state index in [1.54, 1.807) is 18.2 Å². The highest BCUT2D eigenvalue weighted by molar-refractivity contribution is 5.77. The first-order chi connectivity index (χ1) is 19.4. The molecule has 4 aromatic rings. The highest BCUT2D eigenvalue weighted by Gasteiger charge is 2.60. The molecule has 0 spiro atoms. The number of hydrogen-bond donors (Lipinski definition) is 1. The van der Waals surface area contributed by atoms with Crippen molar-refractivity contribution in [2.75, 3.05) is 6.61 Å². The number of esters is 1. The van der Waals surface area contributed by atoms with Gasteiger partial charge in [-0.2, -0.15) is 8.78 Å². The number of aliphatic hydroxyl groups is 1. The normalized spacial score (nSPS) is 26.6. The minimum atomic E-state index is -2.95. The van der Waals surface area contributed by atoms with Gasteiger partial charge in [-0.15, -0.1) is 0 Å². The van der Waals surface area contributed by atoms with Crippen molar-refractivity contribution < 1.29 is 28.2 Å². The second-order valence-corrected chi connectivity index (χ2v) is 10.9. The second-order valence-electron chi connectivity index (χ2n) is 10.9. The van der Waals surface area contributed by atoms with Crippen molar-refractivity contribution >= 4 is 11.6 Å². The Balaban J connectivity index is 1.15. The summed E-state index contributed by atoms with van der Waals surface area (Å²) in [7, 11) is 0. The number of hydrogen-bond acceptors (Lipinski definition) is 7. The summed E-state index contributed by atoms with van der Waals surface area (Å²) in [5.41, 5.74) is 4.24.